The Morgan fingerprint density at radius 1 is 1.73 bits per heavy atom. The number of hydrogen-bond acceptors (Lipinski definition) is 3. The van der Waals surface area contributed by atoms with Crippen LogP contribution < -0.4 is 5.73 Å². The van der Waals surface area contributed by atoms with Crippen LogP contribution in [0.2, 0.25) is 0 Å². The van der Waals surface area contributed by atoms with Crippen molar-refractivity contribution in [1.82, 2.24) is 0 Å². The highest BCUT2D eigenvalue weighted by Gasteiger charge is 2.16. The van der Waals surface area contributed by atoms with Gasteiger partial charge < -0.3 is 15.2 Å². The molecule has 1 heterocycles. The van der Waals surface area contributed by atoms with Crippen LogP contribution in [0.1, 0.15) is 19.8 Å². The topological polar surface area (TPSA) is 44.5 Å². The predicted molar refractivity (Wildman–Crippen MR) is 43.4 cm³/mol. The van der Waals surface area contributed by atoms with Crippen molar-refractivity contribution in [2.24, 2.45) is 5.73 Å². The first kappa shape index (κ1) is 8.97. The molecule has 0 bridgehead atoms. The van der Waals surface area contributed by atoms with Gasteiger partial charge in [0.15, 0.2) is 0 Å². The summed E-state index contributed by atoms with van der Waals surface area (Å²) in [4.78, 5) is 0. The van der Waals surface area contributed by atoms with E-state index in [1.54, 1.807) is 0 Å². The molecule has 0 aliphatic carbocycles. The first-order valence-corrected chi connectivity index (χ1v) is 4.28. The monoisotopic (exact) mass is 159 g/mol. The van der Waals surface area contributed by atoms with Crippen LogP contribution in [-0.2, 0) is 9.47 Å². The van der Waals surface area contributed by atoms with Crippen LogP contribution in [-0.4, -0.2) is 32.0 Å². The number of ether oxygens (including phenoxy) is 2. The summed E-state index contributed by atoms with van der Waals surface area (Å²) in [7, 11) is 0. The molecule has 0 aromatic carbocycles. The van der Waals surface area contributed by atoms with Gasteiger partial charge in [-0.1, -0.05) is 6.92 Å². The van der Waals surface area contributed by atoms with Gasteiger partial charge in [-0.05, 0) is 12.8 Å². The molecule has 0 aromatic rings. The van der Waals surface area contributed by atoms with Crippen molar-refractivity contribution in [2.75, 3.05) is 19.8 Å². The Kier molecular flexibility index (Phi) is 3.83. The molecule has 66 valence electrons. The molecular weight excluding hydrogens is 142 g/mol. The summed E-state index contributed by atoms with van der Waals surface area (Å²) in [6.45, 7) is 4.33. The molecule has 1 rings (SSSR count). The molecule has 0 amide bonds. The predicted octanol–water partition coefficient (Wildman–Crippen LogP) is 0.529. The molecule has 2 atom stereocenters. The highest BCUT2D eigenvalue weighted by Crippen LogP contribution is 2.08. The van der Waals surface area contributed by atoms with Gasteiger partial charge in [0.05, 0.1) is 19.3 Å². The van der Waals surface area contributed by atoms with Crippen molar-refractivity contribution >= 4 is 0 Å². The first-order chi connectivity index (χ1) is 5.33. The van der Waals surface area contributed by atoms with Crippen molar-refractivity contribution in [1.29, 1.82) is 0 Å². The second-order valence-corrected chi connectivity index (χ2v) is 2.99. The number of hydrogen-bond donors (Lipinski definition) is 1. The van der Waals surface area contributed by atoms with Gasteiger partial charge in [-0.3, -0.25) is 0 Å². The van der Waals surface area contributed by atoms with E-state index in [2.05, 4.69) is 6.92 Å². The van der Waals surface area contributed by atoms with Crippen molar-refractivity contribution < 1.29 is 9.47 Å². The molecule has 2 N–H and O–H groups in total. The average Bonchev–Trinajstić information content (AvgIpc) is 2.52. The Bertz CT molecular complexity index is 102. The minimum Gasteiger partial charge on any atom is -0.379 e. The standard InChI is InChI=1S/C8H17NO2/c1-2-7(9)5-11-8-3-4-10-6-8/h7-8H,2-6,9H2,1H3. The summed E-state index contributed by atoms with van der Waals surface area (Å²) >= 11 is 0. The van der Waals surface area contributed by atoms with Crippen LogP contribution in [0.3, 0.4) is 0 Å². The minimum atomic E-state index is 0.190. The third kappa shape index (κ3) is 3.18. The van der Waals surface area contributed by atoms with E-state index in [1.165, 1.54) is 0 Å². The van der Waals surface area contributed by atoms with Crippen molar-refractivity contribution in [3.63, 3.8) is 0 Å². The van der Waals surface area contributed by atoms with Gasteiger partial charge in [-0.15, -0.1) is 0 Å². The van der Waals surface area contributed by atoms with E-state index < -0.39 is 0 Å². The summed E-state index contributed by atoms with van der Waals surface area (Å²) in [5, 5.41) is 0. The van der Waals surface area contributed by atoms with E-state index in [0.29, 0.717) is 12.7 Å². The van der Waals surface area contributed by atoms with Crippen LogP contribution >= 0.6 is 0 Å². The molecule has 3 heteroatoms. The molecule has 1 aliphatic rings. The summed E-state index contributed by atoms with van der Waals surface area (Å²) in [6.07, 6.45) is 2.30. The third-order valence-corrected chi connectivity index (χ3v) is 1.96. The summed E-state index contributed by atoms with van der Waals surface area (Å²) in [6, 6.07) is 0.190. The van der Waals surface area contributed by atoms with Gasteiger partial charge in [-0.25, -0.2) is 0 Å². The minimum absolute atomic E-state index is 0.190. The van der Waals surface area contributed by atoms with Gasteiger partial charge >= 0.3 is 0 Å². The van der Waals surface area contributed by atoms with Gasteiger partial charge in [0, 0.05) is 12.6 Å². The largest absolute Gasteiger partial charge is 0.379 e. The molecule has 0 spiro atoms. The van der Waals surface area contributed by atoms with Gasteiger partial charge in [-0.2, -0.15) is 0 Å². The zero-order valence-electron chi connectivity index (χ0n) is 7.08. The average molecular weight is 159 g/mol. The first-order valence-electron chi connectivity index (χ1n) is 4.28. The maximum atomic E-state index is 5.69. The Morgan fingerprint density at radius 2 is 2.55 bits per heavy atom. The fraction of sp³-hybridized carbons (Fsp3) is 1.00. The van der Waals surface area contributed by atoms with Gasteiger partial charge in [0.25, 0.3) is 0 Å². The van der Waals surface area contributed by atoms with Crippen molar-refractivity contribution in [2.45, 2.75) is 31.9 Å². The Balaban J connectivity index is 2.01. The molecule has 3 nitrogen and oxygen atoms in total. The lowest BCUT2D eigenvalue weighted by Crippen LogP contribution is -2.28. The summed E-state index contributed by atoms with van der Waals surface area (Å²) < 4.78 is 10.7. The molecule has 1 fully saturated rings. The van der Waals surface area contributed by atoms with E-state index >= 15 is 0 Å². The van der Waals surface area contributed by atoms with E-state index in [9.17, 15) is 0 Å². The molecule has 0 aromatic heterocycles. The lowest BCUT2D eigenvalue weighted by molar-refractivity contribution is 0.0347. The van der Waals surface area contributed by atoms with Crippen molar-refractivity contribution in [3.8, 4) is 0 Å². The normalized spacial score (nSPS) is 27.3. The smallest absolute Gasteiger partial charge is 0.0831 e. The van der Waals surface area contributed by atoms with E-state index in [-0.39, 0.29) is 6.04 Å². The van der Waals surface area contributed by atoms with E-state index in [4.69, 9.17) is 15.2 Å². The van der Waals surface area contributed by atoms with Gasteiger partial charge in [0.1, 0.15) is 0 Å². The lowest BCUT2D eigenvalue weighted by Gasteiger charge is -2.13. The number of nitrogens with two attached hydrogens (primary N) is 1. The quantitative estimate of drug-likeness (QED) is 0.650. The molecule has 1 saturated heterocycles. The molecule has 0 radical (unpaired) electrons. The Labute approximate surface area is 67.9 Å². The third-order valence-electron chi connectivity index (χ3n) is 1.96. The fourth-order valence-corrected chi connectivity index (χ4v) is 1.02. The second kappa shape index (κ2) is 4.70. The van der Waals surface area contributed by atoms with Crippen molar-refractivity contribution in [3.05, 3.63) is 0 Å². The summed E-state index contributed by atoms with van der Waals surface area (Å²) in [5.41, 5.74) is 5.69. The maximum absolute atomic E-state index is 5.69. The van der Waals surface area contributed by atoms with Crippen LogP contribution in [0.15, 0.2) is 0 Å². The number of rotatable bonds is 4. The zero-order chi connectivity index (χ0) is 8.10. The Hall–Kier alpha value is -0.120. The lowest BCUT2D eigenvalue weighted by atomic mass is 10.2. The Morgan fingerprint density at radius 3 is 3.09 bits per heavy atom. The van der Waals surface area contributed by atoms with E-state index in [0.717, 1.165) is 26.1 Å². The van der Waals surface area contributed by atoms with Crippen LogP contribution in [0.25, 0.3) is 0 Å². The van der Waals surface area contributed by atoms with Crippen LogP contribution in [0.4, 0.5) is 0 Å². The summed E-state index contributed by atoms with van der Waals surface area (Å²) in [5.74, 6) is 0. The molecule has 0 saturated carbocycles. The molecule has 1 aliphatic heterocycles. The van der Waals surface area contributed by atoms with Crippen LogP contribution in [0.5, 0.6) is 0 Å². The highest BCUT2D eigenvalue weighted by atomic mass is 16.5. The van der Waals surface area contributed by atoms with E-state index in [1.807, 2.05) is 0 Å². The molecule has 11 heavy (non-hydrogen) atoms. The zero-order valence-corrected chi connectivity index (χ0v) is 7.08. The van der Waals surface area contributed by atoms with Crippen LogP contribution in [0, 0.1) is 0 Å². The SMILES string of the molecule is CCC(N)COC1CCOC1. The molecule has 2 unspecified atom stereocenters. The van der Waals surface area contributed by atoms with Gasteiger partial charge in [0.2, 0.25) is 0 Å². The highest BCUT2D eigenvalue weighted by molar-refractivity contribution is 4.65. The maximum Gasteiger partial charge on any atom is 0.0831 e. The fourth-order valence-electron chi connectivity index (χ4n) is 1.02. The molecular formula is C8H17NO2. The second-order valence-electron chi connectivity index (χ2n) is 2.99.